The van der Waals surface area contributed by atoms with Crippen molar-refractivity contribution in [2.24, 2.45) is 11.8 Å². The van der Waals surface area contributed by atoms with Gasteiger partial charge in [0.15, 0.2) is 0 Å². The van der Waals surface area contributed by atoms with Gasteiger partial charge in [-0.1, -0.05) is 6.92 Å². The molecule has 0 radical (unpaired) electrons. The third-order valence-corrected chi connectivity index (χ3v) is 6.22. The average molecular weight is 358 g/mol. The van der Waals surface area contributed by atoms with Gasteiger partial charge in [-0.3, -0.25) is 4.79 Å². The number of piperidine rings is 1. The van der Waals surface area contributed by atoms with Crippen LogP contribution in [0.3, 0.4) is 0 Å². The lowest BCUT2D eigenvalue weighted by Crippen LogP contribution is -2.54. The predicted octanol–water partition coefficient (Wildman–Crippen LogP) is 3.46. The van der Waals surface area contributed by atoms with Crippen LogP contribution in [0.4, 0.5) is 5.69 Å². The first-order chi connectivity index (χ1) is 12.5. The van der Waals surface area contributed by atoms with Crippen LogP contribution in [0.1, 0.15) is 39.0 Å². The van der Waals surface area contributed by atoms with Crippen molar-refractivity contribution in [1.82, 2.24) is 0 Å². The van der Waals surface area contributed by atoms with E-state index in [1.807, 2.05) is 24.3 Å². The van der Waals surface area contributed by atoms with E-state index in [2.05, 4.69) is 11.8 Å². The maximum absolute atomic E-state index is 11.5. The van der Waals surface area contributed by atoms with Gasteiger partial charge in [-0.2, -0.15) is 5.26 Å². The van der Waals surface area contributed by atoms with Gasteiger partial charge in [-0.15, -0.1) is 0 Å². The molecule has 6 nitrogen and oxygen atoms in total. The number of ether oxygens (including phenoxy) is 2. The second-order valence-corrected chi connectivity index (χ2v) is 7.32. The summed E-state index contributed by atoms with van der Waals surface area (Å²) in [4.78, 5) is 13.9. The molecule has 6 heteroatoms. The van der Waals surface area contributed by atoms with E-state index in [1.54, 1.807) is 14.2 Å². The molecule has 2 bridgehead atoms. The Hall–Kier alpha value is -2.42. The van der Waals surface area contributed by atoms with E-state index in [-0.39, 0.29) is 17.5 Å². The van der Waals surface area contributed by atoms with Crippen molar-refractivity contribution in [1.29, 1.82) is 5.26 Å². The van der Waals surface area contributed by atoms with E-state index in [1.165, 1.54) is 0 Å². The molecule has 2 aliphatic heterocycles. The maximum atomic E-state index is 11.5. The lowest BCUT2D eigenvalue weighted by molar-refractivity contribution is -0.141. The zero-order valence-electron chi connectivity index (χ0n) is 15.6. The number of benzene rings is 1. The number of carboxylic acids is 1. The minimum Gasteiger partial charge on any atom is -0.497 e. The summed E-state index contributed by atoms with van der Waals surface area (Å²) in [5.41, 5.74) is 0.858. The summed E-state index contributed by atoms with van der Waals surface area (Å²) >= 11 is 0. The third-order valence-electron chi connectivity index (χ3n) is 6.22. The summed E-state index contributed by atoms with van der Waals surface area (Å²) in [5, 5.41) is 18.8. The molecule has 0 spiro atoms. The predicted molar refractivity (Wildman–Crippen MR) is 97.5 cm³/mol. The van der Waals surface area contributed by atoms with Gasteiger partial charge < -0.3 is 19.5 Å². The Bertz CT molecular complexity index is 729. The summed E-state index contributed by atoms with van der Waals surface area (Å²) in [6, 6.07) is 8.02. The van der Waals surface area contributed by atoms with Crippen molar-refractivity contribution in [3.63, 3.8) is 0 Å². The molecular formula is C20H26N2O4. The number of fused-ring (bicyclic) bond motifs is 2. The van der Waals surface area contributed by atoms with E-state index in [4.69, 9.17) is 9.47 Å². The molecule has 1 aromatic carbocycles. The summed E-state index contributed by atoms with van der Waals surface area (Å²) in [5.74, 6) is -0.484. The van der Waals surface area contributed by atoms with E-state index >= 15 is 0 Å². The summed E-state index contributed by atoms with van der Waals surface area (Å²) in [6.07, 6.45) is 4.33. The number of methoxy groups -OCH3 is 2. The van der Waals surface area contributed by atoms with Gasteiger partial charge in [0.05, 0.1) is 26.0 Å². The largest absolute Gasteiger partial charge is 0.497 e. The minimum atomic E-state index is -1.00. The molecule has 26 heavy (non-hydrogen) atoms. The van der Waals surface area contributed by atoms with E-state index in [0.29, 0.717) is 12.8 Å². The smallest absolute Gasteiger partial charge is 0.321 e. The molecule has 2 fully saturated rings. The van der Waals surface area contributed by atoms with Gasteiger partial charge in [-0.25, -0.2) is 0 Å². The number of nitrogens with zero attached hydrogens (tertiary/aromatic N) is 2. The molecule has 4 atom stereocenters. The van der Waals surface area contributed by atoms with E-state index in [0.717, 1.165) is 36.4 Å². The average Bonchev–Trinajstić information content (AvgIpc) is 2.88. The van der Waals surface area contributed by atoms with Crippen LogP contribution >= 0.6 is 0 Å². The van der Waals surface area contributed by atoms with Crippen LogP contribution < -0.4 is 14.4 Å². The lowest BCUT2D eigenvalue weighted by Gasteiger charge is -2.49. The fourth-order valence-electron chi connectivity index (χ4n) is 4.96. The molecule has 0 aromatic heterocycles. The molecule has 1 aromatic rings. The summed E-state index contributed by atoms with van der Waals surface area (Å²) < 4.78 is 11.0. The number of hydrogen-bond acceptors (Lipinski definition) is 5. The summed E-state index contributed by atoms with van der Waals surface area (Å²) in [7, 11) is 3.31. The number of hydrogen-bond donors (Lipinski definition) is 1. The van der Waals surface area contributed by atoms with E-state index < -0.39 is 11.9 Å². The van der Waals surface area contributed by atoms with Gasteiger partial charge >= 0.3 is 5.97 Å². The van der Waals surface area contributed by atoms with Gasteiger partial charge in [0.2, 0.25) is 0 Å². The SMILES string of the molecule is CCC12CCC(CC(C(C#N)C(=O)O)C1)N2c1cc(OC)ccc1OC. The first kappa shape index (κ1) is 18.4. The van der Waals surface area contributed by atoms with Gasteiger partial charge in [0, 0.05) is 17.6 Å². The zero-order chi connectivity index (χ0) is 18.9. The van der Waals surface area contributed by atoms with Crippen LogP contribution in [0, 0.1) is 23.2 Å². The van der Waals surface area contributed by atoms with Crippen LogP contribution in [0.25, 0.3) is 0 Å². The number of carboxylic acid groups (broad SMARTS) is 1. The molecule has 4 unspecified atom stereocenters. The molecule has 140 valence electrons. The Morgan fingerprint density at radius 2 is 2.23 bits per heavy atom. The van der Waals surface area contributed by atoms with Crippen molar-refractivity contribution in [2.75, 3.05) is 19.1 Å². The fraction of sp³-hybridized carbons (Fsp3) is 0.600. The molecule has 0 aliphatic carbocycles. The molecule has 1 N–H and O–H groups in total. The molecule has 2 heterocycles. The highest BCUT2D eigenvalue weighted by atomic mass is 16.5. The number of nitriles is 1. The number of anilines is 1. The van der Waals surface area contributed by atoms with Crippen LogP contribution in [0.15, 0.2) is 18.2 Å². The van der Waals surface area contributed by atoms with Gasteiger partial charge in [0.1, 0.15) is 17.4 Å². The molecule has 3 rings (SSSR count). The van der Waals surface area contributed by atoms with Crippen molar-refractivity contribution in [3.8, 4) is 17.6 Å². The maximum Gasteiger partial charge on any atom is 0.321 e. The second kappa shape index (κ2) is 7.06. The zero-order valence-corrected chi connectivity index (χ0v) is 15.6. The van der Waals surface area contributed by atoms with Crippen molar-refractivity contribution in [2.45, 2.75) is 50.6 Å². The number of rotatable bonds is 6. The summed E-state index contributed by atoms with van der Waals surface area (Å²) in [6.45, 7) is 2.15. The highest BCUT2D eigenvalue weighted by molar-refractivity contribution is 5.73. The quantitative estimate of drug-likeness (QED) is 0.838. The van der Waals surface area contributed by atoms with Crippen LogP contribution in [-0.2, 0) is 4.79 Å². The van der Waals surface area contributed by atoms with Crippen molar-refractivity contribution < 1.29 is 19.4 Å². The molecule has 2 saturated heterocycles. The highest BCUT2D eigenvalue weighted by Crippen LogP contribution is 2.54. The van der Waals surface area contributed by atoms with Gasteiger partial charge in [0.25, 0.3) is 0 Å². The Morgan fingerprint density at radius 1 is 1.46 bits per heavy atom. The first-order valence-electron chi connectivity index (χ1n) is 9.13. The van der Waals surface area contributed by atoms with Gasteiger partial charge in [-0.05, 0) is 50.2 Å². The standard InChI is InChI=1S/C20H26N2O4/c1-4-20-8-7-14(9-13(11-20)16(12-21)19(23)24)22(20)17-10-15(25-2)5-6-18(17)26-3/h5-6,10,13-14,16H,4,7-9,11H2,1-3H3,(H,23,24). The number of aliphatic carboxylic acids is 1. The monoisotopic (exact) mass is 358 g/mol. The molecule has 2 aliphatic rings. The fourth-order valence-corrected chi connectivity index (χ4v) is 4.96. The minimum absolute atomic E-state index is 0.113. The van der Waals surface area contributed by atoms with Crippen molar-refractivity contribution in [3.05, 3.63) is 18.2 Å². The lowest BCUT2D eigenvalue weighted by atomic mass is 9.74. The Morgan fingerprint density at radius 3 is 2.81 bits per heavy atom. The normalized spacial score (nSPS) is 28.3. The van der Waals surface area contributed by atoms with Crippen LogP contribution in [-0.4, -0.2) is 36.9 Å². The highest BCUT2D eigenvalue weighted by Gasteiger charge is 2.53. The topological polar surface area (TPSA) is 82.8 Å². The Balaban J connectivity index is 2.01. The third kappa shape index (κ3) is 2.86. The first-order valence-corrected chi connectivity index (χ1v) is 9.13. The van der Waals surface area contributed by atoms with Crippen molar-refractivity contribution >= 4 is 11.7 Å². The molecular weight excluding hydrogens is 332 g/mol. The Kier molecular flexibility index (Phi) is 4.99. The van der Waals surface area contributed by atoms with Crippen LogP contribution in [0.5, 0.6) is 11.5 Å². The molecule has 0 saturated carbocycles. The van der Waals surface area contributed by atoms with Crippen LogP contribution in [0.2, 0.25) is 0 Å². The molecule has 0 amide bonds. The Labute approximate surface area is 154 Å². The van der Waals surface area contributed by atoms with E-state index in [9.17, 15) is 15.2 Å². The number of carbonyl (C=O) groups is 1. The second-order valence-electron chi connectivity index (χ2n) is 7.32.